The molecule has 0 saturated heterocycles. The van der Waals surface area contributed by atoms with Crippen molar-refractivity contribution in [2.24, 2.45) is 0 Å². The Balaban J connectivity index is 1.79. The number of aromatic amines is 2. The van der Waals surface area contributed by atoms with Gasteiger partial charge in [-0.05, 0) is 40.8 Å². The fourth-order valence-corrected chi connectivity index (χ4v) is 2.03. The molecule has 2 N–H and O–H groups in total. The first-order valence-electron chi connectivity index (χ1n) is 6.59. The van der Waals surface area contributed by atoms with Crippen LogP contribution in [-0.4, -0.2) is 46.2 Å². The molecule has 10 heteroatoms. The number of ether oxygens (including phenoxy) is 1. The molecule has 10 nitrogen and oxygen atoms in total. The van der Waals surface area contributed by atoms with Crippen LogP contribution in [0.5, 0.6) is 11.5 Å². The van der Waals surface area contributed by atoms with E-state index >= 15 is 0 Å². The SMILES string of the molecule is c1cncc(Oc2cc(-c3nn[nH]n3)cc(-c3nn[nH]n3)c2)c1. The highest BCUT2D eigenvalue weighted by Gasteiger charge is 2.12. The van der Waals surface area contributed by atoms with Crippen molar-refractivity contribution in [1.29, 1.82) is 0 Å². The van der Waals surface area contributed by atoms with Gasteiger partial charge in [0.15, 0.2) is 0 Å². The number of H-pyrrole nitrogens is 2. The molecule has 0 radical (unpaired) electrons. The zero-order valence-electron chi connectivity index (χ0n) is 11.6. The third-order valence-electron chi connectivity index (χ3n) is 2.98. The molecular formula is C13H9N9O. The maximum absolute atomic E-state index is 5.82. The number of hydrogen-bond donors (Lipinski definition) is 2. The number of aromatic nitrogens is 9. The maximum Gasteiger partial charge on any atom is 0.204 e. The maximum atomic E-state index is 5.82. The minimum Gasteiger partial charge on any atom is -0.456 e. The largest absolute Gasteiger partial charge is 0.456 e. The van der Waals surface area contributed by atoms with Gasteiger partial charge in [0.25, 0.3) is 0 Å². The summed E-state index contributed by atoms with van der Waals surface area (Å²) in [4.78, 5) is 4.02. The summed E-state index contributed by atoms with van der Waals surface area (Å²) < 4.78 is 5.82. The molecule has 0 fully saturated rings. The molecular weight excluding hydrogens is 298 g/mol. The molecule has 0 spiro atoms. The predicted octanol–water partition coefficient (Wildman–Crippen LogP) is 1.23. The Kier molecular flexibility index (Phi) is 3.16. The van der Waals surface area contributed by atoms with Crippen LogP contribution in [0.25, 0.3) is 22.8 Å². The van der Waals surface area contributed by atoms with E-state index in [0.29, 0.717) is 34.3 Å². The lowest BCUT2D eigenvalue weighted by Gasteiger charge is -2.08. The quantitative estimate of drug-likeness (QED) is 0.575. The summed E-state index contributed by atoms with van der Waals surface area (Å²) in [5.74, 6) is 2.05. The Morgan fingerprint density at radius 2 is 1.52 bits per heavy atom. The van der Waals surface area contributed by atoms with Crippen molar-refractivity contribution in [3.05, 3.63) is 42.7 Å². The van der Waals surface area contributed by atoms with Crippen molar-refractivity contribution in [2.45, 2.75) is 0 Å². The number of hydrogen-bond acceptors (Lipinski definition) is 8. The number of rotatable bonds is 4. The van der Waals surface area contributed by atoms with Crippen LogP contribution in [0, 0.1) is 0 Å². The summed E-state index contributed by atoms with van der Waals surface area (Å²) in [5, 5.41) is 27.9. The van der Waals surface area contributed by atoms with E-state index in [4.69, 9.17) is 4.74 Å². The van der Waals surface area contributed by atoms with E-state index in [0.717, 1.165) is 0 Å². The number of nitrogens with zero attached hydrogens (tertiary/aromatic N) is 7. The van der Waals surface area contributed by atoms with Crippen LogP contribution in [-0.2, 0) is 0 Å². The summed E-state index contributed by atoms with van der Waals surface area (Å²) in [7, 11) is 0. The first kappa shape index (κ1) is 13.0. The first-order valence-corrected chi connectivity index (χ1v) is 6.59. The molecule has 0 unspecified atom stereocenters. The fraction of sp³-hybridized carbons (Fsp3) is 0. The second-order valence-electron chi connectivity index (χ2n) is 4.51. The molecule has 4 rings (SSSR count). The summed E-state index contributed by atoms with van der Waals surface area (Å²) in [6, 6.07) is 9.01. The van der Waals surface area contributed by atoms with Crippen LogP contribution >= 0.6 is 0 Å². The van der Waals surface area contributed by atoms with E-state index in [1.54, 1.807) is 30.6 Å². The topological polar surface area (TPSA) is 131 Å². The highest BCUT2D eigenvalue weighted by molar-refractivity contribution is 5.68. The molecule has 23 heavy (non-hydrogen) atoms. The molecule has 0 atom stereocenters. The van der Waals surface area contributed by atoms with Crippen molar-refractivity contribution in [1.82, 2.24) is 46.2 Å². The van der Waals surface area contributed by atoms with Crippen molar-refractivity contribution in [3.8, 4) is 34.3 Å². The molecule has 3 aromatic heterocycles. The van der Waals surface area contributed by atoms with Crippen LogP contribution in [0.3, 0.4) is 0 Å². The van der Waals surface area contributed by atoms with Gasteiger partial charge in [-0.15, -0.1) is 20.4 Å². The predicted molar refractivity (Wildman–Crippen MR) is 77.1 cm³/mol. The van der Waals surface area contributed by atoms with Gasteiger partial charge in [-0.3, -0.25) is 4.98 Å². The Hall–Kier alpha value is -3.69. The smallest absolute Gasteiger partial charge is 0.204 e. The van der Waals surface area contributed by atoms with Gasteiger partial charge in [0.2, 0.25) is 11.6 Å². The van der Waals surface area contributed by atoms with Gasteiger partial charge < -0.3 is 4.74 Å². The average molecular weight is 307 g/mol. The molecule has 0 aliphatic carbocycles. The van der Waals surface area contributed by atoms with Crippen molar-refractivity contribution < 1.29 is 4.74 Å². The summed E-state index contributed by atoms with van der Waals surface area (Å²) in [5.41, 5.74) is 1.42. The minimum atomic E-state index is 0.436. The van der Waals surface area contributed by atoms with Gasteiger partial charge >= 0.3 is 0 Å². The summed E-state index contributed by atoms with van der Waals surface area (Å²) in [6.07, 6.45) is 3.29. The van der Waals surface area contributed by atoms with Crippen LogP contribution in [0.4, 0.5) is 0 Å². The Bertz CT molecular complexity index is 838. The van der Waals surface area contributed by atoms with E-state index in [1.165, 1.54) is 0 Å². The van der Waals surface area contributed by atoms with Crippen LogP contribution in [0.1, 0.15) is 0 Å². The van der Waals surface area contributed by atoms with Gasteiger partial charge in [0.05, 0.1) is 6.20 Å². The van der Waals surface area contributed by atoms with Crippen LogP contribution in [0.15, 0.2) is 42.7 Å². The average Bonchev–Trinajstić information content (AvgIpc) is 3.29. The zero-order valence-corrected chi connectivity index (χ0v) is 11.6. The van der Waals surface area contributed by atoms with Crippen molar-refractivity contribution in [3.63, 3.8) is 0 Å². The number of tetrazole rings is 2. The fourth-order valence-electron chi connectivity index (χ4n) is 2.03. The van der Waals surface area contributed by atoms with E-state index in [-0.39, 0.29) is 0 Å². The third-order valence-corrected chi connectivity index (χ3v) is 2.98. The minimum absolute atomic E-state index is 0.436. The van der Waals surface area contributed by atoms with E-state index in [9.17, 15) is 0 Å². The molecule has 4 aromatic rings. The standard InChI is InChI=1S/C13H9N9O/c1-2-10(7-14-3-1)23-11-5-8(12-15-19-20-16-12)4-9(6-11)13-17-21-22-18-13/h1-7H,(H,15,16,19,20)(H,17,18,21,22). The Labute approximate surface area is 128 Å². The van der Waals surface area contributed by atoms with Gasteiger partial charge in [0, 0.05) is 17.3 Å². The second kappa shape index (κ2) is 5.60. The zero-order chi connectivity index (χ0) is 15.5. The van der Waals surface area contributed by atoms with Gasteiger partial charge in [-0.2, -0.15) is 10.4 Å². The number of nitrogens with one attached hydrogen (secondary N) is 2. The molecule has 1 aromatic carbocycles. The lowest BCUT2D eigenvalue weighted by atomic mass is 10.1. The first-order chi connectivity index (χ1) is 11.4. The normalized spacial score (nSPS) is 10.6. The molecule has 3 heterocycles. The molecule has 0 bridgehead atoms. The highest BCUT2D eigenvalue weighted by atomic mass is 16.5. The van der Waals surface area contributed by atoms with E-state index in [2.05, 4.69) is 46.2 Å². The molecule has 0 amide bonds. The van der Waals surface area contributed by atoms with Crippen LogP contribution < -0.4 is 4.74 Å². The highest BCUT2D eigenvalue weighted by Crippen LogP contribution is 2.30. The number of benzene rings is 1. The van der Waals surface area contributed by atoms with Crippen molar-refractivity contribution >= 4 is 0 Å². The molecule has 0 saturated carbocycles. The monoisotopic (exact) mass is 307 g/mol. The molecule has 0 aliphatic heterocycles. The lowest BCUT2D eigenvalue weighted by molar-refractivity contribution is 0.480. The van der Waals surface area contributed by atoms with E-state index in [1.807, 2.05) is 12.1 Å². The van der Waals surface area contributed by atoms with Gasteiger partial charge in [-0.25, -0.2) is 0 Å². The lowest BCUT2D eigenvalue weighted by Crippen LogP contribution is -1.90. The van der Waals surface area contributed by atoms with Crippen LogP contribution in [0.2, 0.25) is 0 Å². The summed E-state index contributed by atoms with van der Waals surface area (Å²) in [6.45, 7) is 0. The van der Waals surface area contributed by atoms with E-state index < -0.39 is 0 Å². The third kappa shape index (κ3) is 2.72. The van der Waals surface area contributed by atoms with Crippen molar-refractivity contribution in [2.75, 3.05) is 0 Å². The molecule has 112 valence electrons. The second-order valence-corrected chi connectivity index (χ2v) is 4.51. The Morgan fingerprint density at radius 1 is 0.826 bits per heavy atom. The summed E-state index contributed by atoms with van der Waals surface area (Å²) >= 11 is 0. The van der Waals surface area contributed by atoms with Gasteiger partial charge in [0.1, 0.15) is 11.5 Å². The molecule has 0 aliphatic rings. The Morgan fingerprint density at radius 3 is 2.04 bits per heavy atom. The van der Waals surface area contributed by atoms with Gasteiger partial charge in [-0.1, -0.05) is 0 Å². The number of pyridine rings is 1.